The Morgan fingerprint density at radius 2 is 1.11 bits per heavy atom. The first kappa shape index (κ1) is 22.4. The Balaban J connectivity index is 1.21. The molecule has 1 aromatic heterocycles. The summed E-state index contributed by atoms with van der Waals surface area (Å²) in [6.07, 6.45) is 5.24. The molecule has 1 N–H and O–H groups in total. The van der Waals surface area contributed by atoms with Crippen molar-refractivity contribution >= 4 is 33.9 Å². The van der Waals surface area contributed by atoms with Gasteiger partial charge in [0.25, 0.3) is 0 Å². The number of aromatic nitrogens is 1. The lowest BCUT2D eigenvalue weighted by Gasteiger charge is -2.07. The van der Waals surface area contributed by atoms with Gasteiger partial charge in [0.1, 0.15) is 0 Å². The predicted molar refractivity (Wildman–Crippen MR) is 157 cm³/mol. The smallest absolute Gasteiger partial charge is 0.0995 e. The monoisotopic (exact) mass is 475 g/mol. The third kappa shape index (κ3) is 4.51. The van der Waals surface area contributed by atoms with Crippen LogP contribution in [0.1, 0.15) is 5.56 Å². The summed E-state index contributed by atoms with van der Waals surface area (Å²) in [6, 6.07) is 43.7. The number of hydrogen-bond acceptors (Lipinski definition) is 2. The van der Waals surface area contributed by atoms with E-state index in [0.717, 1.165) is 27.7 Å². The molecule has 0 aliphatic rings. The van der Waals surface area contributed by atoms with E-state index in [1.54, 1.807) is 12.3 Å². The topological polar surface area (TPSA) is 41.1 Å². The van der Waals surface area contributed by atoms with Gasteiger partial charge in [-0.1, -0.05) is 109 Å². The summed E-state index contributed by atoms with van der Waals surface area (Å²) in [5.74, 6) is 0. The molecule has 0 unspecified atom stereocenters. The zero-order chi connectivity index (χ0) is 25.0. The lowest BCUT2D eigenvalue weighted by atomic mass is 9.98. The van der Waals surface area contributed by atoms with Crippen molar-refractivity contribution in [2.24, 2.45) is 4.99 Å². The van der Waals surface area contributed by atoms with Crippen molar-refractivity contribution in [2.45, 2.75) is 0 Å². The van der Waals surface area contributed by atoms with Gasteiger partial charge in [0.05, 0.1) is 23.1 Å². The number of aliphatic imine (C=N–C) groups is 1. The second-order valence-corrected chi connectivity index (χ2v) is 8.92. The number of rotatable bonds is 6. The van der Waals surface area contributed by atoms with Crippen LogP contribution in [0.3, 0.4) is 0 Å². The van der Waals surface area contributed by atoms with Gasteiger partial charge in [-0.2, -0.15) is 0 Å². The Kier molecular flexibility index (Phi) is 6.02. The van der Waals surface area contributed by atoms with E-state index in [2.05, 4.69) is 107 Å². The molecule has 0 radical (unpaired) electrons. The van der Waals surface area contributed by atoms with Crippen LogP contribution < -0.4 is 0 Å². The second-order valence-electron chi connectivity index (χ2n) is 8.92. The predicted octanol–water partition coefficient (Wildman–Crippen LogP) is 8.59. The maximum atomic E-state index is 8.58. The summed E-state index contributed by atoms with van der Waals surface area (Å²) in [5.41, 5.74) is 8.11. The molecule has 1 heterocycles. The first-order chi connectivity index (χ1) is 18.3. The van der Waals surface area contributed by atoms with Crippen LogP contribution in [-0.2, 0) is 0 Å². The highest BCUT2D eigenvalue weighted by atomic mass is 15.0. The number of fused-ring (bicyclic) bond motifs is 3. The first-order valence-electron chi connectivity index (χ1n) is 12.3. The molecule has 0 bridgehead atoms. The molecule has 0 aliphatic heterocycles. The number of nitrogens with zero attached hydrogens (tertiary/aromatic N) is 2. The van der Waals surface area contributed by atoms with Gasteiger partial charge in [-0.15, -0.1) is 0 Å². The number of nitrogens with one attached hydrogen (secondary N) is 1. The molecule has 6 aromatic rings. The van der Waals surface area contributed by atoms with Crippen molar-refractivity contribution in [3.8, 4) is 22.3 Å². The van der Waals surface area contributed by atoms with Gasteiger partial charge in [-0.05, 0) is 46.5 Å². The largest absolute Gasteiger partial charge is 0.300 e. The van der Waals surface area contributed by atoms with Crippen LogP contribution in [0.15, 0.2) is 145 Å². The van der Waals surface area contributed by atoms with E-state index in [4.69, 9.17) is 5.41 Å². The van der Waals surface area contributed by atoms with Gasteiger partial charge in [0, 0.05) is 22.5 Å². The molecule has 0 amide bonds. The van der Waals surface area contributed by atoms with E-state index in [9.17, 15) is 0 Å². The third-order valence-corrected chi connectivity index (χ3v) is 6.63. The lowest BCUT2D eigenvalue weighted by molar-refractivity contribution is 1.30. The average molecular weight is 476 g/mol. The molecule has 0 fully saturated rings. The van der Waals surface area contributed by atoms with Crippen molar-refractivity contribution in [3.63, 3.8) is 0 Å². The fourth-order valence-corrected chi connectivity index (χ4v) is 4.75. The SMILES string of the molecule is N=C(/C=C\N=C\n1c2ccccc2c2ccccc21)c1cccc(-c2ccc(-c3ccccc3)cc2)c1. The van der Waals surface area contributed by atoms with Crippen molar-refractivity contribution in [3.05, 3.63) is 145 Å². The van der Waals surface area contributed by atoms with Gasteiger partial charge < -0.3 is 5.41 Å². The normalized spacial score (nSPS) is 11.7. The number of allylic oxidation sites excluding steroid dienone is 1. The summed E-state index contributed by atoms with van der Waals surface area (Å²) in [7, 11) is 0. The van der Waals surface area contributed by atoms with Crippen LogP contribution in [-0.4, -0.2) is 16.6 Å². The molecule has 3 heteroatoms. The molecular formula is C34H25N3. The van der Waals surface area contributed by atoms with Gasteiger partial charge in [0.2, 0.25) is 0 Å². The highest BCUT2D eigenvalue weighted by molar-refractivity contribution is 6.11. The van der Waals surface area contributed by atoms with Crippen molar-refractivity contribution in [2.75, 3.05) is 0 Å². The first-order valence-corrected chi connectivity index (χ1v) is 12.3. The Bertz CT molecular complexity index is 1720. The molecule has 0 aliphatic carbocycles. The molecule has 0 saturated carbocycles. The standard InChI is InChI=1S/C34H25N3/c35-32(21-22-36-24-37-33-15-6-4-13-30(33)31-14-5-7-16-34(31)37)29-12-8-11-28(23-29)27-19-17-26(18-20-27)25-9-2-1-3-10-25/h1-24,35H/b22-21-,35-32?,36-24+. The molecule has 5 aromatic carbocycles. The van der Waals surface area contributed by atoms with E-state index in [1.807, 2.05) is 36.7 Å². The van der Waals surface area contributed by atoms with Crippen molar-refractivity contribution < 1.29 is 0 Å². The van der Waals surface area contributed by atoms with E-state index in [-0.39, 0.29) is 0 Å². The molecule has 37 heavy (non-hydrogen) atoms. The molecule has 0 atom stereocenters. The summed E-state index contributed by atoms with van der Waals surface area (Å²) in [4.78, 5) is 4.52. The van der Waals surface area contributed by atoms with E-state index < -0.39 is 0 Å². The molecule has 0 saturated heterocycles. The lowest BCUT2D eigenvalue weighted by Crippen LogP contribution is -1.95. The van der Waals surface area contributed by atoms with Crippen molar-refractivity contribution in [1.29, 1.82) is 5.41 Å². The highest BCUT2D eigenvalue weighted by Crippen LogP contribution is 2.28. The molecule has 6 rings (SSSR count). The number of benzene rings is 5. The van der Waals surface area contributed by atoms with Gasteiger partial charge in [-0.25, -0.2) is 4.99 Å². The molecule has 0 spiro atoms. The Labute approximate surface area is 216 Å². The second kappa shape index (κ2) is 9.92. The average Bonchev–Trinajstić information content (AvgIpc) is 3.29. The minimum atomic E-state index is 0.419. The zero-order valence-corrected chi connectivity index (χ0v) is 20.3. The number of hydrogen-bond donors (Lipinski definition) is 1. The minimum absolute atomic E-state index is 0.419. The zero-order valence-electron chi connectivity index (χ0n) is 20.3. The highest BCUT2D eigenvalue weighted by Gasteiger charge is 2.07. The number of para-hydroxylation sites is 2. The van der Waals surface area contributed by atoms with Crippen LogP contribution in [0, 0.1) is 5.41 Å². The fourth-order valence-electron chi connectivity index (χ4n) is 4.75. The summed E-state index contributed by atoms with van der Waals surface area (Å²) < 4.78 is 2.10. The Hall–Kier alpha value is -5.02. The van der Waals surface area contributed by atoms with Crippen LogP contribution in [0.2, 0.25) is 0 Å². The van der Waals surface area contributed by atoms with Gasteiger partial charge in [0.15, 0.2) is 0 Å². The van der Waals surface area contributed by atoms with Crippen LogP contribution in [0.4, 0.5) is 0 Å². The van der Waals surface area contributed by atoms with E-state index in [0.29, 0.717) is 5.71 Å². The summed E-state index contributed by atoms with van der Waals surface area (Å²) >= 11 is 0. The fraction of sp³-hybridized carbons (Fsp3) is 0. The Morgan fingerprint density at radius 1 is 0.568 bits per heavy atom. The van der Waals surface area contributed by atoms with Gasteiger partial charge in [-0.3, -0.25) is 4.57 Å². The van der Waals surface area contributed by atoms with Crippen LogP contribution in [0.25, 0.3) is 44.1 Å². The molecule has 176 valence electrons. The molecule has 3 nitrogen and oxygen atoms in total. The van der Waals surface area contributed by atoms with E-state index in [1.165, 1.54) is 21.9 Å². The van der Waals surface area contributed by atoms with E-state index >= 15 is 0 Å². The van der Waals surface area contributed by atoms with Gasteiger partial charge >= 0.3 is 0 Å². The van der Waals surface area contributed by atoms with Crippen LogP contribution >= 0.6 is 0 Å². The third-order valence-electron chi connectivity index (χ3n) is 6.63. The summed E-state index contributed by atoms with van der Waals surface area (Å²) in [6.45, 7) is 0. The minimum Gasteiger partial charge on any atom is -0.300 e. The molecular weight excluding hydrogens is 450 g/mol. The maximum absolute atomic E-state index is 8.58. The maximum Gasteiger partial charge on any atom is 0.0995 e. The summed E-state index contributed by atoms with van der Waals surface area (Å²) in [5, 5.41) is 11.0. The quantitative estimate of drug-likeness (QED) is 0.185. The Morgan fingerprint density at radius 3 is 1.78 bits per heavy atom. The van der Waals surface area contributed by atoms with Crippen LogP contribution in [0.5, 0.6) is 0 Å². The van der Waals surface area contributed by atoms with Crippen molar-refractivity contribution in [1.82, 2.24) is 4.57 Å².